The number of methoxy groups -OCH3 is 1. The molecule has 0 fully saturated rings. The Morgan fingerprint density at radius 1 is 1.30 bits per heavy atom. The van der Waals surface area contributed by atoms with Crippen LogP contribution in [-0.4, -0.2) is 22.9 Å². The monoisotopic (exact) mass is 274 g/mol. The number of nitrogens with zero attached hydrogens (tertiary/aromatic N) is 2. The zero-order valence-electron chi connectivity index (χ0n) is 12.1. The molecule has 0 saturated carbocycles. The second kappa shape index (κ2) is 5.36. The topological polar surface area (TPSA) is 53.4 Å². The van der Waals surface area contributed by atoms with Gasteiger partial charge >= 0.3 is 0 Å². The Hall–Kier alpha value is -2.30. The zero-order chi connectivity index (χ0) is 14.8. The summed E-state index contributed by atoms with van der Waals surface area (Å²) in [5.41, 5.74) is -0.0715. The summed E-state index contributed by atoms with van der Waals surface area (Å²) in [4.78, 5) is 15.1. The Kier molecular flexibility index (Phi) is 3.79. The van der Waals surface area contributed by atoms with Crippen LogP contribution in [0.15, 0.2) is 30.6 Å². The van der Waals surface area contributed by atoms with Crippen molar-refractivity contribution in [2.75, 3.05) is 7.11 Å². The molecule has 1 heterocycles. The quantitative estimate of drug-likeness (QED) is 0.786. The highest BCUT2D eigenvalue weighted by Gasteiger charge is 2.28. The highest BCUT2D eigenvalue weighted by molar-refractivity contribution is 5.76. The summed E-state index contributed by atoms with van der Waals surface area (Å²) in [5.74, 6) is 1.90. The van der Waals surface area contributed by atoms with Gasteiger partial charge in [-0.05, 0) is 32.0 Å². The van der Waals surface area contributed by atoms with E-state index in [0.29, 0.717) is 17.1 Å². The van der Waals surface area contributed by atoms with Gasteiger partial charge in [-0.2, -0.15) is 0 Å². The van der Waals surface area contributed by atoms with Crippen molar-refractivity contribution in [1.29, 1.82) is 0 Å². The fraction of sp³-hybridized carbons (Fsp3) is 0.333. The molecule has 0 aliphatic rings. The van der Waals surface area contributed by atoms with Crippen molar-refractivity contribution < 1.29 is 14.3 Å². The fourth-order valence-electron chi connectivity index (χ4n) is 2.11. The molecule has 0 aliphatic heterocycles. The molecule has 0 N–H and O–H groups in total. The number of hydrogen-bond acceptors (Lipinski definition) is 4. The maximum absolute atomic E-state index is 10.8. The van der Waals surface area contributed by atoms with Crippen molar-refractivity contribution in [1.82, 2.24) is 9.55 Å². The van der Waals surface area contributed by atoms with E-state index < -0.39 is 5.60 Å². The van der Waals surface area contributed by atoms with Crippen molar-refractivity contribution in [3.63, 3.8) is 0 Å². The van der Waals surface area contributed by atoms with Crippen LogP contribution in [0.25, 0.3) is 0 Å². The molecule has 0 atom stereocenters. The number of aldehydes is 1. The maximum atomic E-state index is 10.8. The van der Waals surface area contributed by atoms with E-state index in [0.717, 1.165) is 12.1 Å². The lowest BCUT2D eigenvalue weighted by molar-refractivity contribution is 0.0911. The summed E-state index contributed by atoms with van der Waals surface area (Å²) >= 11 is 0. The molecule has 2 rings (SSSR count). The zero-order valence-corrected chi connectivity index (χ0v) is 12.1. The van der Waals surface area contributed by atoms with Gasteiger partial charge in [-0.15, -0.1) is 0 Å². The Morgan fingerprint density at radius 3 is 2.60 bits per heavy atom. The second-order valence-corrected chi connectivity index (χ2v) is 5.00. The van der Waals surface area contributed by atoms with Crippen LogP contribution < -0.4 is 9.47 Å². The van der Waals surface area contributed by atoms with Crippen LogP contribution in [0.5, 0.6) is 11.5 Å². The average Bonchev–Trinajstić information content (AvgIpc) is 2.86. The number of imidazole rings is 1. The summed E-state index contributed by atoms with van der Waals surface area (Å²) in [6.45, 7) is 3.87. The lowest BCUT2D eigenvalue weighted by Gasteiger charge is -2.26. The molecule has 0 bridgehead atoms. The standard InChI is InChI=1S/C15H18N2O3/c1-15(2,14-16-7-8-17(14)3)20-12-6-5-11(10-18)9-13(12)19-4/h5-10H,1-4H3. The minimum atomic E-state index is -0.617. The summed E-state index contributed by atoms with van der Waals surface area (Å²) in [6, 6.07) is 5.07. The number of aromatic nitrogens is 2. The largest absolute Gasteiger partial charge is 0.493 e. The van der Waals surface area contributed by atoms with Gasteiger partial charge in [0.2, 0.25) is 0 Å². The first-order chi connectivity index (χ1) is 9.47. The third-order valence-electron chi connectivity index (χ3n) is 3.05. The number of rotatable bonds is 5. The van der Waals surface area contributed by atoms with Crippen molar-refractivity contribution in [2.45, 2.75) is 19.4 Å². The van der Waals surface area contributed by atoms with Crippen LogP contribution in [0, 0.1) is 0 Å². The van der Waals surface area contributed by atoms with Gasteiger partial charge in [-0.25, -0.2) is 4.98 Å². The molecule has 1 aromatic carbocycles. The molecule has 0 radical (unpaired) electrons. The number of hydrogen-bond donors (Lipinski definition) is 0. The summed E-state index contributed by atoms with van der Waals surface area (Å²) in [6.07, 6.45) is 4.37. The molecule has 2 aromatic rings. The number of carbonyl (C=O) groups is 1. The first-order valence-electron chi connectivity index (χ1n) is 6.28. The van der Waals surface area contributed by atoms with E-state index in [1.807, 2.05) is 31.7 Å². The van der Waals surface area contributed by atoms with E-state index in [2.05, 4.69) is 4.98 Å². The van der Waals surface area contributed by atoms with Crippen molar-refractivity contribution in [3.05, 3.63) is 42.0 Å². The van der Waals surface area contributed by atoms with Gasteiger partial charge in [0.15, 0.2) is 22.9 Å². The van der Waals surface area contributed by atoms with Crippen molar-refractivity contribution >= 4 is 6.29 Å². The third-order valence-corrected chi connectivity index (χ3v) is 3.05. The van der Waals surface area contributed by atoms with Gasteiger partial charge in [-0.1, -0.05) is 0 Å². The smallest absolute Gasteiger partial charge is 0.162 e. The second-order valence-electron chi connectivity index (χ2n) is 5.00. The lowest BCUT2D eigenvalue weighted by Crippen LogP contribution is -2.29. The number of carbonyl (C=O) groups excluding carboxylic acids is 1. The minimum absolute atomic E-state index is 0.525. The molecule has 0 spiro atoms. The number of aryl methyl sites for hydroxylation is 1. The van der Waals surface area contributed by atoms with Crippen molar-refractivity contribution in [2.24, 2.45) is 7.05 Å². The molecule has 20 heavy (non-hydrogen) atoms. The van der Waals surface area contributed by atoms with Gasteiger partial charge < -0.3 is 14.0 Å². The van der Waals surface area contributed by atoms with Gasteiger partial charge in [0.1, 0.15) is 6.29 Å². The molecule has 1 aromatic heterocycles. The summed E-state index contributed by atoms with van der Waals surface area (Å²) in [7, 11) is 3.46. The maximum Gasteiger partial charge on any atom is 0.162 e. The Morgan fingerprint density at radius 2 is 2.05 bits per heavy atom. The molecule has 0 amide bonds. The first kappa shape index (κ1) is 14.1. The van der Waals surface area contributed by atoms with Gasteiger partial charge in [0.25, 0.3) is 0 Å². The van der Waals surface area contributed by atoms with Crippen molar-refractivity contribution in [3.8, 4) is 11.5 Å². The van der Waals surface area contributed by atoms with E-state index >= 15 is 0 Å². The number of benzene rings is 1. The Balaban J connectivity index is 2.34. The minimum Gasteiger partial charge on any atom is -0.493 e. The normalized spacial score (nSPS) is 11.2. The molecular weight excluding hydrogens is 256 g/mol. The van der Waals surface area contributed by atoms with E-state index in [1.165, 1.54) is 0 Å². The molecular formula is C15H18N2O3. The summed E-state index contributed by atoms with van der Waals surface area (Å²) < 4.78 is 13.2. The molecule has 0 aliphatic carbocycles. The van der Waals surface area contributed by atoms with E-state index in [4.69, 9.17) is 9.47 Å². The predicted molar refractivity (Wildman–Crippen MR) is 75.2 cm³/mol. The molecule has 5 heteroatoms. The highest BCUT2D eigenvalue weighted by atomic mass is 16.5. The Labute approximate surface area is 118 Å². The van der Waals surface area contributed by atoms with E-state index in [1.54, 1.807) is 31.5 Å². The van der Waals surface area contributed by atoms with Crippen LogP contribution in [0.2, 0.25) is 0 Å². The predicted octanol–water partition coefficient (Wildman–Crippen LogP) is 2.56. The highest BCUT2D eigenvalue weighted by Crippen LogP contribution is 2.33. The molecule has 0 saturated heterocycles. The molecule has 5 nitrogen and oxygen atoms in total. The van der Waals surface area contributed by atoms with Gasteiger partial charge in [0, 0.05) is 25.0 Å². The molecule has 0 unspecified atom stereocenters. The van der Waals surface area contributed by atoms with Gasteiger partial charge in [0.05, 0.1) is 7.11 Å². The first-order valence-corrected chi connectivity index (χ1v) is 6.28. The van der Waals surface area contributed by atoms with Crippen LogP contribution in [0.3, 0.4) is 0 Å². The van der Waals surface area contributed by atoms with Crippen LogP contribution in [0.1, 0.15) is 30.0 Å². The third kappa shape index (κ3) is 2.66. The van der Waals surface area contributed by atoms with E-state index in [-0.39, 0.29) is 0 Å². The SMILES string of the molecule is COc1cc(C=O)ccc1OC(C)(C)c1nccn1C. The van der Waals surface area contributed by atoms with E-state index in [9.17, 15) is 4.79 Å². The summed E-state index contributed by atoms with van der Waals surface area (Å²) in [5, 5.41) is 0. The van der Waals surface area contributed by atoms with Gasteiger partial charge in [-0.3, -0.25) is 4.79 Å². The fourth-order valence-corrected chi connectivity index (χ4v) is 2.11. The van der Waals surface area contributed by atoms with Crippen LogP contribution >= 0.6 is 0 Å². The van der Waals surface area contributed by atoms with Crippen LogP contribution in [-0.2, 0) is 12.6 Å². The van der Waals surface area contributed by atoms with Crippen LogP contribution in [0.4, 0.5) is 0 Å². The average molecular weight is 274 g/mol. The number of ether oxygens (including phenoxy) is 2. The molecule has 106 valence electrons. The lowest BCUT2D eigenvalue weighted by atomic mass is 10.1. The Bertz CT molecular complexity index is 617.